The Balaban J connectivity index is 1.62. The van der Waals surface area contributed by atoms with Gasteiger partial charge in [-0.15, -0.1) is 0 Å². The molecule has 1 aromatic rings. The van der Waals surface area contributed by atoms with E-state index in [0.717, 1.165) is 12.8 Å². The summed E-state index contributed by atoms with van der Waals surface area (Å²) in [4.78, 5) is 4.22. The Labute approximate surface area is 118 Å². The molecule has 0 radical (unpaired) electrons. The quantitative estimate of drug-likeness (QED) is 0.926. The van der Waals surface area contributed by atoms with Crippen LogP contribution in [0.25, 0.3) is 0 Å². The molecule has 4 nitrogen and oxygen atoms in total. The van der Waals surface area contributed by atoms with Gasteiger partial charge in [0.25, 0.3) is 5.88 Å². The standard InChI is InChI=1S/C14H19ClN2O2/c1-18-12-6-10(15)7-17-13(12)19-11-2-4-14(5-3-11)8-16-9-14/h6-7,11,16H,2-5,8-9H2,1H3. The van der Waals surface area contributed by atoms with E-state index in [1.165, 1.54) is 25.9 Å². The Morgan fingerprint density at radius 2 is 2.11 bits per heavy atom. The summed E-state index contributed by atoms with van der Waals surface area (Å²) in [5, 5.41) is 3.94. The molecule has 2 heterocycles. The highest BCUT2D eigenvalue weighted by atomic mass is 35.5. The van der Waals surface area contributed by atoms with Gasteiger partial charge in [-0.05, 0) is 31.1 Å². The number of pyridine rings is 1. The van der Waals surface area contributed by atoms with Crippen LogP contribution in [0.15, 0.2) is 12.3 Å². The number of nitrogens with one attached hydrogen (secondary N) is 1. The van der Waals surface area contributed by atoms with Crippen LogP contribution >= 0.6 is 11.6 Å². The minimum atomic E-state index is 0.244. The molecule has 1 aromatic heterocycles. The maximum atomic E-state index is 5.98. The first-order valence-corrected chi connectivity index (χ1v) is 7.15. The zero-order valence-corrected chi connectivity index (χ0v) is 11.9. The number of rotatable bonds is 3. The van der Waals surface area contributed by atoms with Crippen LogP contribution in [0.4, 0.5) is 0 Å². The molecule has 0 amide bonds. The first kappa shape index (κ1) is 13.0. The molecule has 1 aliphatic heterocycles. The normalized spacial score (nSPS) is 22.0. The van der Waals surface area contributed by atoms with Crippen molar-refractivity contribution < 1.29 is 9.47 Å². The molecule has 0 atom stereocenters. The van der Waals surface area contributed by atoms with E-state index in [4.69, 9.17) is 21.1 Å². The molecule has 0 aromatic carbocycles. The van der Waals surface area contributed by atoms with Crippen molar-refractivity contribution in [1.29, 1.82) is 0 Å². The van der Waals surface area contributed by atoms with Crippen molar-refractivity contribution >= 4 is 11.6 Å². The highest BCUT2D eigenvalue weighted by Gasteiger charge is 2.40. The molecular formula is C14H19ClN2O2. The minimum Gasteiger partial charge on any atom is -0.491 e. The molecule has 104 valence electrons. The zero-order valence-electron chi connectivity index (χ0n) is 11.1. The maximum absolute atomic E-state index is 5.98. The SMILES string of the molecule is COc1cc(Cl)cnc1OC1CCC2(CC1)CNC2. The van der Waals surface area contributed by atoms with Gasteiger partial charge in [0.05, 0.1) is 12.1 Å². The lowest BCUT2D eigenvalue weighted by molar-refractivity contribution is 0.0390. The summed E-state index contributed by atoms with van der Waals surface area (Å²) in [6, 6.07) is 1.74. The molecule has 0 bridgehead atoms. The molecule has 0 unspecified atom stereocenters. The second-order valence-electron chi connectivity index (χ2n) is 5.58. The number of aromatic nitrogens is 1. The van der Waals surface area contributed by atoms with Gasteiger partial charge in [0, 0.05) is 25.4 Å². The predicted molar refractivity (Wildman–Crippen MR) is 74.0 cm³/mol. The fourth-order valence-electron chi connectivity index (χ4n) is 2.95. The summed E-state index contributed by atoms with van der Waals surface area (Å²) >= 11 is 5.90. The van der Waals surface area contributed by atoms with E-state index in [0.29, 0.717) is 22.1 Å². The molecule has 19 heavy (non-hydrogen) atoms. The topological polar surface area (TPSA) is 43.4 Å². The number of hydrogen-bond donors (Lipinski definition) is 1. The van der Waals surface area contributed by atoms with Crippen molar-refractivity contribution in [3.05, 3.63) is 17.3 Å². The molecule has 1 saturated carbocycles. The van der Waals surface area contributed by atoms with E-state index in [1.54, 1.807) is 19.4 Å². The highest BCUT2D eigenvalue weighted by Crippen LogP contribution is 2.41. The molecule has 1 spiro atoms. The number of hydrogen-bond acceptors (Lipinski definition) is 4. The third-order valence-electron chi connectivity index (χ3n) is 4.28. The first-order chi connectivity index (χ1) is 9.21. The van der Waals surface area contributed by atoms with Crippen molar-refractivity contribution in [3.8, 4) is 11.6 Å². The summed E-state index contributed by atoms with van der Waals surface area (Å²) in [6.07, 6.45) is 6.50. The van der Waals surface area contributed by atoms with Gasteiger partial charge in [-0.25, -0.2) is 4.98 Å². The first-order valence-electron chi connectivity index (χ1n) is 6.78. The summed E-state index contributed by atoms with van der Waals surface area (Å²) in [6.45, 7) is 2.34. The van der Waals surface area contributed by atoms with Gasteiger partial charge in [0.15, 0.2) is 5.75 Å². The Morgan fingerprint density at radius 1 is 1.37 bits per heavy atom. The van der Waals surface area contributed by atoms with Crippen LogP contribution in [-0.4, -0.2) is 31.3 Å². The largest absolute Gasteiger partial charge is 0.491 e. The average Bonchev–Trinajstić information content (AvgIpc) is 2.40. The molecule has 2 aliphatic rings. The van der Waals surface area contributed by atoms with Crippen LogP contribution in [0.5, 0.6) is 11.6 Å². The molecule has 5 heteroatoms. The second kappa shape index (κ2) is 5.17. The van der Waals surface area contributed by atoms with E-state index in [-0.39, 0.29) is 6.10 Å². The summed E-state index contributed by atoms with van der Waals surface area (Å²) in [5.74, 6) is 1.16. The Morgan fingerprint density at radius 3 is 2.68 bits per heavy atom. The van der Waals surface area contributed by atoms with Gasteiger partial charge in [0.1, 0.15) is 6.10 Å². The number of ether oxygens (including phenoxy) is 2. The lowest BCUT2D eigenvalue weighted by Crippen LogP contribution is -2.55. The Bertz CT molecular complexity index is 453. The highest BCUT2D eigenvalue weighted by molar-refractivity contribution is 6.30. The van der Waals surface area contributed by atoms with E-state index in [2.05, 4.69) is 10.3 Å². The zero-order chi connectivity index (χ0) is 13.3. The molecule has 1 aliphatic carbocycles. The summed E-state index contributed by atoms with van der Waals surface area (Å²) in [7, 11) is 1.61. The van der Waals surface area contributed by atoms with Gasteiger partial charge in [-0.1, -0.05) is 11.6 Å². The van der Waals surface area contributed by atoms with Crippen molar-refractivity contribution in [2.45, 2.75) is 31.8 Å². The van der Waals surface area contributed by atoms with Crippen molar-refractivity contribution in [1.82, 2.24) is 10.3 Å². The van der Waals surface area contributed by atoms with Gasteiger partial charge in [-0.2, -0.15) is 0 Å². The van der Waals surface area contributed by atoms with Crippen LogP contribution in [0.2, 0.25) is 5.02 Å². The van der Waals surface area contributed by atoms with Crippen LogP contribution in [0.3, 0.4) is 0 Å². The third kappa shape index (κ3) is 2.65. The molecule has 3 rings (SSSR count). The van der Waals surface area contributed by atoms with E-state index >= 15 is 0 Å². The van der Waals surface area contributed by atoms with Crippen LogP contribution < -0.4 is 14.8 Å². The average molecular weight is 283 g/mol. The third-order valence-corrected chi connectivity index (χ3v) is 4.48. The minimum absolute atomic E-state index is 0.244. The number of methoxy groups -OCH3 is 1. The molecule has 1 saturated heterocycles. The van der Waals surface area contributed by atoms with Crippen LogP contribution in [-0.2, 0) is 0 Å². The van der Waals surface area contributed by atoms with E-state index < -0.39 is 0 Å². The summed E-state index contributed by atoms with van der Waals surface area (Å²) < 4.78 is 11.2. The van der Waals surface area contributed by atoms with E-state index in [9.17, 15) is 0 Å². The van der Waals surface area contributed by atoms with Crippen molar-refractivity contribution in [2.24, 2.45) is 5.41 Å². The number of halogens is 1. The van der Waals surface area contributed by atoms with E-state index in [1.807, 2.05) is 0 Å². The maximum Gasteiger partial charge on any atom is 0.257 e. The fraction of sp³-hybridized carbons (Fsp3) is 0.643. The monoisotopic (exact) mass is 282 g/mol. The Hall–Kier alpha value is -1.00. The second-order valence-corrected chi connectivity index (χ2v) is 6.02. The lowest BCUT2D eigenvalue weighted by Gasteiger charge is -2.47. The van der Waals surface area contributed by atoms with Gasteiger partial charge in [0.2, 0.25) is 0 Å². The van der Waals surface area contributed by atoms with Gasteiger partial charge < -0.3 is 14.8 Å². The lowest BCUT2D eigenvalue weighted by atomic mass is 9.69. The molecule has 1 N–H and O–H groups in total. The molecule has 2 fully saturated rings. The van der Waals surface area contributed by atoms with Gasteiger partial charge >= 0.3 is 0 Å². The van der Waals surface area contributed by atoms with Crippen LogP contribution in [0, 0.1) is 5.41 Å². The predicted octanol–water partition coefficient (Wildman–Crippen LogP) is 2.65. The Kier molecular flexibility index (Phi) is 3.54. The number of nitrogens with zero attached hydrogens (tertiary/aromatic N) is 1. The van der Waals surface area contributed by atoms with Gasteiger partial charge in [-0.3, -0.25) is 0 Å². The van der Waals surface area contributed by atoms with Crippen LogP contribution in [0.1, 0.15) is 25.7 Å². The molecular weight excluding hydrogens is 264 g/mol. The van der Waals surface area contributed by atoms with Crippen molar-refractivity contribution in [2.75, 3.05) is 20.2 Å². The fourth-order valence-corrected chi connectivity index (χ4v) is 3.10. The van der Waals surface area contributed by atoms with Crippen molar-refractivity contribution in [3.63, 3.8) is 0 Å². The smallest absolute Gasteiger partial charge is 0.257 e. The summed E-state index contributed by atoms with van der Waals surface area (Å²) in [5.41, 5.74) is 0.553.